The minimum atomic E-state index is -0.473. The standard InChI is InChI=1S/C39H42BBrO3/c1-6-7-8-9-10-13-22-42-28-18-21-32-29-14-11-12-15-33(29)39(36(32)25-28)34-23-26(40-43-37(2,3)38(4,5)44-40)16-19-30(34)31-20-17-27(41)24-35(31)39/h11-12,14-21,23-25H,6-10,13,22H2,1-5H3. The highest BCUT2D eigenvalue weighted by Crippen LogP contribution is 2.63. The van der Waals surface area contributed by atoms with Gasteiger partial charge in [-0.1, -0.05) is 110 Å². The fraction of sp³-hybridized carbons (Fsp3) is 0.385. The number of benzene rings is 4. The molecule has 226 valence electrons. The smallest absolute Gasteiger partial charge is 0.494 e. The minimum absolute atomic E-state index is 0.406. The summed E-state index contributed by atoms with van der Waals surface area (Å²) in [5.41, 5.74) is 10.0. The normalized spacial score (nSPS) is 20.0. The second kappa shape index (κ2) is 11.2. The molecule has 0 aromatic heterocycles. The molecule has 1 spiro atoms. The van der Waals surface area contributed by atoms with Gasteiger partial charge in [-0.05, 0) is 108 Å². The van der Waals surface area contributed by atoms with Gasteiger partial charge in [-0.25, -0.2) is 0 Å². The van der Waals surface area contributed by atoms with E-state index in [1.165, 1.54) is 76.6 Å². The van der Waals surface area contributed by atoms with Gasteiger partial charge in [0.2, 0.25) is 0 Å². The van der Waals surface area contributed by atoms with E-state index < -0.39 is 23.7 Å². The molecule has 0 bridgehead atoms. The molecule has 4 aromatic carbocycles. The topological polar surface area (TPSA) is 27.7 Å². The lowest BCUT2D eigenvalue weighted by molar-refractivity contribution is 0.00578. The van der Waals surface area contributed by atoms with Crippen molar-refractivity contribution in [2.45, 2.75) is 89.8 Å². The monoisotopic (exact) mass is 648 g/mol. The van der Waals surface area contributed by atoms with Crippen LogP contribution in [-0.4, -0.2) is 24.9 Å². The van der Waals surface area contributed by atoms with Crippen LogP contribution in [0.3, 0.4) is 0 Å². The maximum atomic E-state index is 6.55. The summed E-state index contributed by atoms with van der Waals surface area (Å²) < 4.78 is 20.6. The van der Waals surface area contributed by atoms with Crippen molar-refractivity contribution in [2.24, 2.45) is 0 Å². The van der Waals surface area contributed by atoms with E-state index in [2.05, 4.69) is 129 Å². The summed E-state index contributed by atoms with van der Waals surface area (Å²) in [5, 5.41) is 0. The van der Waals surface area contributed by atoms with E-state index >= 15 is 0 Å². The molecular formula is C39H42BBrO3. The van der Waals surface area contributed by atoms with Crippen molar-refractivity contribution < 1.29 is 14.0 Å². The lowest BCUT2D eigenvalue weighted by Crippen LogP contribution is -2.41. The van der Waals surface area contributed by atoms with Crippen molar-refractivity contribution in [2.75, 3.05) is 6.61 Å². The van der Waals surface area contributed by atoms with Gasteiger partial charge < -0.3 is 14.0 Å². The number of halogens is 1. The largest absolute Gasteiger partial charge is 0.494 e. The molecule has 1 atom stereocenters. The van der Waals surface area contributed by atoms with Crippen molar-refractivity contribution >= 4 is 28.5 Å². The Kier molecular flexibility index (Phi) is 7.59. The molecule has 0 amide bonds. The first kappa shape index (κ1) is 29.8. The van der Waals surface area contributed by atoms with Crippen molar-refractivity contribution in [3.8, 4) is 28.0 Å². The van der Waals surface area contributed by atoms with Crippen molar-refractivity contribution in [1.82, 2.24) is 0 Å². The molecule has 1 unspecified atom stereocenters. The molecule has 0 N–H and O–H groups in total. The quantitative estimate of drug-likeness (QED) is 0.115. The molecular weight excluding hydrogens is 607 g/mol. The van der Waals surface area contributed by atoms with Crippen LogP contribution in [0, 0.1) is 0 Å². The molecule has 3 nitrogen and oxygen atoms in total. The van der Waals surface area contributed by atoms with Crippen LogP contribution in [-0.2, 0) is 14.7 Å². The lowest BCUT2D eigenvalue weighted by atomic mass is 9.68. The van der Waals surface area contributed by atoms with E-state index in [0.29, 0.717) is 0 Å². The maximum absolute atomic E-state index is 6.55. The number of fused-ring (bicyclic) bond motifs is 10. The predicted octanol–water partition coefficient (Wildman–Crippen LogP) is 9.83. The molecule has 44 heavy (non-hydrogen) atoms. The van der Waals surface area contributed by atoms with Crippen LogP contribution in [0.1, 0.15) is 95.4 Å². The SMILES string of the molecule is CCCCCCCCOc1ccc2c(c1)C1(c3ccccc3-2)c2cc(Br)ccc2-c2ccc(B3OC(C)(C)C(C)(C)O3)cc21. The third-order valence-corrected chi connectivity index (χ3v) is 10.9. The Bertz CT molecular complexity index is 1710. The number of rotatable bonds is 9. The average molecular weight is 649 g/mol. The van der Waals surface area contributed by atoms with Gasteiger partial charge in [0, 0.05) is 4.47 Å². The third-order valence-electron chi connectivity index (χ3n) is 10.4. The zero-order chi connectivity index (χ0) is 30.7. The van der Waals surface area contributed by atoms with E-state index in [4.69, 9.17) is 14.0 Å². The first-order valence-corrected chi connectivity index (χ1v) is 17.1. The summed E-state index contributed by atoms with van der Waals surface area (Å²) in [5.74, 6) is 0.941. The minimum Gasteiger partial charge on any atom is -0.494 e. The Morgan fingerprint density at radius 1 is 0.636 bits per heavy atom. The molecule has 2 aliphatic carbocycles. The van der Waals surface area contributed by atoms with Crippen LogP contribution >= 0.6 is 15.9 Å². The van der Waals surface area contributed by atoms with Gasteiger partial charge in [-0.3, -0.25) is 0 Å². The zero-order valence-electron chi connectivity index (χ0n) is 26.6. The zero-order valence-corrected chi connectivity index (χ0v) is 28.2. The average Bonchev–Trinajstić information content (AvgIpc) is 3.54. The van der Waals surface area contributed by atoms with Gasteiger partial charge in [0.05, 0.1) is 23.2 Å². The number of ether oxygens (including phenoxy) is 1. The number of unbranched alkanes of at least 4 members (excludes halogenated alkanes) is 5. The molecule has 1 heterocycles. The third kappa shape index (κ3) is 4.61. The first-order valence-electron chi connectivity index (χ1n) is 16.3. The summed E-state index contributed by atoms with van der Waals surface area (Å²) in [6, 6.07) is 29.2. The van der Waals surface area contributed by atoms with Gasteiger partial charge in [-0.15, -0.1) is 0 Å². The second-order valence-corrected chi connectivity index (χ2v) is 14.6. The van der Waals surface area contributed by atoms with E-state index in [1.54, 1.807) is 0 Å². The van der Waals surface area contributed by atoms with Crippen molar-refractivity contribution in [1.29, 1.82) is 0 Å². The molecule has 0 saturated carbocycles. The summed E-state index contributed by atoms with van der Waals surface area (Å²) in [6.45, 7) is 11.5. The molecule has 7 rings (SSSR count). The van der Waals surface area contributed by atoms with Crippen LogP contribution in [0.2, 0.25) is 0 Å². The molecule has 1 fully saturated rings. The fourth-order valence-electron chi connectivity index (χ4n) is 7.44. The van der Waals surface area contributed by atoms with Crippen LogP contribution in [0.15, 0.2) is 83.3 Å². The molecule has 3 aliphatic rings. The Balaban J connectivity index is 1.35. The van der Waals surface area contributed by atoms with Gasteiger partial charge >= 0.3 is 7.12 Å². The Labute approximate surface area is 271 Å². The number of hydrogen-bond acceptors (Lipinski definition) is 3. The van der Waals surface area contributed by atoms with Crippen LogP contribution < -0.4 is 10.2 Å². The van der Waals surface area contributed by atoms with E-state index in [0.717, 1.165) is 28.7 Å². The Hall–Kier alpha value is -2.86. The van der Waals surface area contributed by atoms with E-state index in [1.807, 2.05) is 0 Å². The van der Waals surface area contributed by atoms with Crippen molar-refractivity contribution in [3.05, 3.63) is 106 Å². The second-order valence-electron chi connectivity index (χ2n) is 13.7. The Morgan fingerprint density at radius 2 is 1.23 bits per heavy atom. The van der Waals surface area contributed by atoms with Crippen LogP contribution in [0.25, 0.3) is 22.3 Å². The summed E-state index contributed by atoms with van der Waals surface area (Å²) >= 11 is 3.83. The lowest BCUT2D eigenvalue weighted by Gasteiger charge is -2.32. The van der Waals surface area contributed by atoms with Crippen LogP contribution in [0.4, 0.5) is 0 Å². The Morgan fingerprint density at radius 3 is 1.98 bits per heavy atom. The van der Waals surface area contributed by atoms with Gasteiger partial charge in [0.1, 0.15) is 5.75 Å². The van der Waals surface area contributed by atoms with Crippen molar-refractivity contribution in [3.63, 3.8) is 0 Å². The highest BCUT2D eigenvalue weighted by Gasteiger charge is 2.54. The predicted molar refractivity (Wildman–Crippen MR) is 185 cm³/mol. The maximum Gasteiger partial charge on any atom is 0.494 e. The molecule has 0 radical (unpaired) electrons. The molecule has 1 aliphatic heterocycles. The van der Waals surface area contributed by atoms with E-state index in [9.17, 15) is 0 Å². The summed E-state index contributed by atoms with van der Waals surface area (Å²) in [6.07, 6.45) is 7.51. The van der Waals surface area contributed by atoms with Crippen LogP contribution in [0.5, 0.6) is 5.75 Å². The highest BCUT2D eigenvalue weighted by atomic mass is 79.9. The number of hydrogen-bond donors (Lipinski definition) is 0. The van der Waals surface area contributed by atoms with E-state index in [-0.39, 0.29) is 0 Å². The highest BCUT2D eigenvalue weighted by molar-refractivity contribution is 9.10. The fourth-order valence-corrected chi connectivity index (χ4v) is 7.80. The van der Waals surface area contributed by atoms with Gasteiger partial charge in [0.15, 0.2) is 0 Å². The molecule has 4 aromatic rings. The molecule has 5 heteroatoms. The summed E-state index contributed by atoms with van der Waals surface area (Å²) in [4.78, 5) is 0. The summed E-state index contributed by atoms with van der Waals surface area (Å²) in [7, 11) is -0.430. The van der Waals surface area contributed by atoms with Gasteiger partial charge in [-0.2, -0.15) is 0 Å². The first-order chi connectivity index (χ1) is 21.2. The molecule has 1 saturated heterocycles. The van der Waals surface area contributed by atoms with Gasteiger partial charge in [0.25, 0.3) is 0 Å².